The van der Waals surface area contributed by atoms with Gasteiger partial charge in [-0.15, -0.1) is 0 Å². The molecule has 0 radical (unpaired) electrons. The molecule has 2 saturated carbocycles. The highest BCUT2D eigenvalue weighted by atomic mass is 16.6. The number of unbranched alkanes of at least 4 members (excludes halogenated alkanes) is 5. The molecule has 7 nitrogen and oxygen atoms in total. The fraction of sp³-hybridized carbons (Fsp3) is 0.674. The molecule has 0 amide bonds. The Morgan fingerprint density at radius 2 is 1.60 bits per heavy atom. The van der Waals surface area contributed by atoms with E-state index >= 15 is 0 Å². The molecule has 1 N–H and O–H groups in total. The van der Waals surface area contributed by atoms with E-state index in [2.05, 4.69) is 50.1 Å². The van der Waals surface area contributed by atoms with Crippen LogP contribution in [0.3, 0.4) is 0 Å². The zero-order chi connectivity index (χ0) is 36.4. The molecule has 0 heterocycles. The minimum Gasteiger partial charge on any atom is -0.481 e. The van der Waals surface area contributed by atoms with Crippen molar-refractivity contribution in [3.8, 4) is 0 Å². The van der Waals surface area contributed by atoms with E-state index < -0.39 is 23.0 Å². The fourth-order valence-electron chi connectivity index (χ4n) is 10.8. The number of carboxylic acid groups (broad SMARTS) is 1. The minimum atomic E-state index is -1.13. The van der Waals surface area contributed by atoms with E-state index in [1.807, 2.05) is 19.9 Å². The van der Waals surface area contributed by atoms with Gasteiger partial charge in [0, 0.05) is 44.0 Å². The van der Waals surface area contributed by atoms with Crippen molar-refractivity contribution in [2.45, 2.75) is 143 Å². The number of anilines is 1. The van der Waals surface area contributed by atoms with Gasteiger partial charge in [0.1, 0.15) is 0 Å². The fourth-order valence-corrected chi connectivity index (χ4v) is 10.8. The maximum atomic E-state index is 13.5. The molecule has 274 valence electrons. The zero-order valence-electron chi connectivity index (χ0n) is 31.7. The standard InChI is InChI=1S/C43H61NO6/c1-28(2)35(40(48)49)14-12-10-8-9-11-13-25-44(7)33-17-15-31(16-18-33)37-27-42(6)38(22-24-43(42,29(3)45)50-30(4)46)41(5)23-21-32-26-34(47)19-20-36(32)39(37)41/h15-18,26,28,35,37-38H,8-14,19-25,27H2,1-7H3,(H,48,49)/t35-,37+,38-,41?,42-,43-/m0/s1. The summed E-state index contributed by atoms with van der Waals surface area (Å²) in [6, 6.07) is 8.97. The SMILES string of the molecule is CC(=O)O[C@]1(C(C)=O)CC[C@H]2C3(C)CCC4=CC(=O)CCC4=C3[C@@H](c3ccc(N(C)CCCCCCCC[C@H](C(=O)O)C(C)C)cc3)C[C@@]21C. The molecule has 1 unspecified atom stereocenters. The average molecular weight is 688 g/mol. The summed E-state index contributed by atoms with van der Waals surface area (Å²) in [4.78, 5) is 52.3. The summed E-state index contributed by atoms with van der Waals surface area (Å²) in [5.74, 6) is -0.683. The maximum absolute atomic E-state index is 13.5. The number of ether oxygens (including phenoxy) is 1. The highest BCUT2D eigenvalue weighted by Crippen LogP contribution is 2.72. The molecule has 0 aromatic heterocycles. The Kier molecular flexibility index (Phi) is 11.5. The van der Waals surface area contributed by atoms with Crippen LogP contribution < -0.4 is 4.90 Å². The second kappa shape index (κ2) is 15.2. The summed E-state index contributed by atoms with van der Waals surface area (Å²) in [7, 11) is 2.15. The van der Waals surface area contributed by atoms with Crippen molar-refractivity contribution in [2.75, 3.05) is 18.5 Å². The van der Waals surface area contributed by atoms with E-state index in [0.29, 0.717) is 12.8 Å². The first kappa shape index (κ1) is 38.0. The molecule has 0 bridgehead atoms. The van der Waals surface area contributed by atoms with Gasteiger partial charge in [0.15, 0.2) is 17.2 Å². The number of carbonyl (C=O) groups excluding carboxylic acids is 3. The van der Waals surface area contributed by atoms with Crippen molar-refractivity contribution in [1.82, 2.24) is 0 Å². The number of hydrogen-bond acceptors (Lipinski definition) is 6. The monoisotopic (exact) mass is 687 g/mol. The molecule has 1 aromatic carbocycles. The Balaban J connectivity index is 1.31. The zero-order valence-corrected chi connectivity index (χ0v) is 31.7. The van der Waals surface area contributed by atoms with E-state index in [1.54, 1.807) is 6.92 Å². The van der Waals surface area contributed by atoms with Crippen LogP contribution in [-0.2, 0) is 23.9 Å². The predicted molar refractivity (Wildman–Crippen MR) is 198 cm³/mol. The topological polar surface area (TPSA) is 101 Å². The van der Waals surface area contributed by atoms with Crippen LogP contribution in [0.15, 0.2) is 47.1 Å². The molecule has 50 heavy (non-hydrogen) atoms. The van der Waals surface area contributed by atoms with Crippen LogP contribution in [0.25, 0.3) is 0 Å². The highest BCUT2D eigenvalue weighted by Gasteiger charge is 2.70. The van der Waals surface area contributed by atoms with Crippen molar-refractivity contribution in [2.24, 2.45) is 28.6 Å². The van der Waals surface area contributed by atoms with Crippen LogP contribution in [0, 0.1) is 28.6 Å². The lowest BCUT2D eigenvalue weighted by Gasteiger charge is -2.59. The Hall–Kier alpha value is -3.22. The highest BCUT2D eigenvalue weighted by molar-refractivity contribution is 5.93. The molecule has 6 atom stereocenters. The Bertz CT molecular complexity index is 1520. The molecule has 0 saturated heterocycles. The van der Waals surface area contributed by atoms with Crippen molar-refractivity contribution in [3.05, 3.63) is 52.6 Å². The number of ketones is 2. The Morgan fingerprint density at radius 1 is 0.940 bits per heavy atom. The Morgan fingerprint density at radius 3 is 2.22 bits per heavy atom. The van der Waals surface area contributed by atoms with Crippen LogP contribution in [-0.4, -0.2) is 47.8 Å². The van der Waals surface area contributed by atoms with Crippen molar-refractivity contribution in [3.63, 3.8) is 0 Å². The van der Waals surface area contributed by atoms with E-state index in [1.165, 1.54) is 41.3 Å². The number of carbonyl (C=O) groups is 4. The van der Waals surface area contributed by atoms with Gasteiger partial charge in [-0.05, 0) is 110 Å². The molecule has 2 fully saturated rings. The lowest BCUT2D eigenvalue weighted by molar-refractivity contribution is -0.184. The maximum Gasteiger partial charge on any atom is 0.306 e. The first-order valence-electron chi connectivity index (χ1n) is 19.4. The number of esters is 1. The van der Waals surface area contributed by atoms with Gasteiger partial charge in [-0.25, -0.2) is 0 Å². The number of nitrogens with zero attached hydrogens (tertiary/aromatic N) is 1. The van der Waals surface area contributed by atoms with E-state index in [4.69, 9.17) is 4.74 Å². The summed E-state index contributed by atoms with van der Waals surface area (Å²) < 4.78 is 6.12. The molecule has 0 aliphatic heterocycles. The largest absolute Gasteiger partial charge is 0.481 e. The molecule has 4 aliphatic carbocycles. The number of fused-ring (bicyclic) bond motifs is 4. The summed E-state index contributed by atoms with van der Waals surface area (Å²) >= 11 is 0. The minimum absolute atomic E-state index is 0.0502. The van der Waals surface area contributed by atoms with Crippen molar-refractivity contribution in [1.29, 1.82) is 0 Å². The van der Waals surface area contributed by atoms with Gasteiger partial charge in [-0.3, -0.25) is 19.2 Å². The second-order valence-electron chi connectivity index (χ2n) is 16.8. The number of rotatable bonds is 15. The van der Waals surface area contributed by atoms with E-state index in [0.717, 1.165) is 77.2 Å². The lowest BCUT2D eigenvalue weighted by atomic mass is 9.45. The van der Waals surface area contributed by atoms with Crippen molar-refractivity contribution >= 4 is 29.2 Å². The molecule has 4 aliphatic rings. The number of carboxylic acids is 1. The van der Waals surface area contributed by atoms with E-state index in [9.17, 15) is 24.3 Å². The number of allylic oxidation sites excluding steroid dienone is 4. The summed E-state index contributed by atoms with van der Waals surface area (Å²) in [6.45, 7) is 12.6. The Labute approximate surface area is 300 Å². The van der Waals surface area contributed by atoms with Crippen LogP contribution in [0.4, 0.5) is 5.69 Å². The first-order valence-corrected chi connectivity index (χ1v) is 19.4. The van der Waals surface area contributed by atoms with E-state index in [-0.39, 0.29) is 40.7 Å². The molecule has 5 rings (SSSR count). The third kappa shape index (κ3) is 7.12. The van der Waals surface area contributed by atoms with Gasteiger partial charge in [0.2, 0.25) is 0 Å². The number of benzene rings is 1. The molecule has 0 spiro atoms. The third-order valence-electron chi connectivity index (χ3n) is 13.4. The van der Waals surface area contributed by atoms with Crippen molar-refractivity contribution < 1.29 is 29.0 Å². The van der Waals surface area contributed by atoms with Gasteiger partial charge < -0.3 is 14.7 Å². The van der Waals surface area contributed by atoms with Crippen LogP contribution >= 0.6 is 0 Å². The number of aliphatic carboxylic acids is 1. The molecular weight excluding hydrogens is 626 g/mol. The summed E-state index contributed by atoms with van der Waals surface area (Å²) in [6.07, 6.45) is 14.6. The second-order valence-corrected chi connectivity index (χ2v) is 16.8. The normalized spacial score (nSPS) is 29.5. The van der Waals surface area contributed by atoms with Gasteiger partial charge in [-0.1, -0.05) is 77.5 Å². The first-order chi connectivity index (χ1) is 23.6. The smallest absolute Gasteiger partial charge is 0.306 e. The summed E-state index contributed by atoms with van der Waals surface area (Å²) in [5.41, 5.74) is 4.61. The number of hydrogen-bond donors (Lipinski definition) is 1. The third-order valence-corrected chi connectivity index (χ3v) is 13.4. The molecule has 7 heteroatoms. The van der Waals surface area contributed by atoms with Crippen LogP contribution in [0.5, 0.6) is 0 Å². The van der Waals surface area contributed by atoms with Gasteiger partial charge in [-0.2, -0.15) is 0 Å². The molecular formula is C43H61NO6. The predicted octanol–water partition coefficient (Wildman–Crippen LogP) is 9.39. The van der Waals surface area contributed by atoms with Gasteiger partial charge in [0.05, 0.1) is 5.92 Å². The quantitative estimate of drug-likeness (QED) is 0.145. The average Bonchev–Trinajstić information content (AvgIpc) is 3.35. The van der Waals surface area contributed by atoms with Gasteiger partial charge >= 0.3 is 11.9 Å². The summed E-state index contributed by atoms with van der Waals surface area (Å²) in [5, 5.41) is 9.41. The van der Waals surface area contributed by atoms with Crippen LogP contribution in [0.2, 0.25) is 0 Å². The van der Waals surface area contributed by atoms with Crippen LogP contribution in [0.1, 0.15) is 143 Å². The molecule has 1 aromatic rings. The lowest BCUT2D eigenvalue weighted by Crippen LogP contribution is -2.59. The number of Topliss-reactive ketones (excluding diaryl/α,β-unsaturated/α-hetero) is 1. The van der Waals surface area contributed by atoms with Gasteiger partial charge in [0.25, 0.3) is 0 Å².